The van der Waals surface area contributed by atoms with E-state index < -0.39 is 0 Å². The van der Waals surface area contributed by atoms with Crippen molar-refractivity contribution in [2.75, 3.05) is 6.16 Å². The molecule has 2 aromatic rings. The molecule has 2 atom stereocenters. The van der Waals surface area contributed by atoms with E-state index in [0.29, 0.717) is 0 Å². The molecule has 2 aromatic carbocycles. The van der Waals surface area contributed by atoms with Crippen molar-refractivity contribution in [3.63, 3.8) is 0 Å². The van der Waals surface area contributed by atoms with Gasteiger partial charge in [-0.25, -0.2) is 0 Å². The lowest BCUT2D eigenvalue weighted by Gasteiger charge is -2.02. The number of allylic oxidation sites excluding steroid dienone is 1. The first-order valence-corrected chi connectivity index (χ1v) is 7.99. The summed E-state index contributed by atoms with van der Waals surface area (Å²) in [6.07, 6.45) is 3.71. The molecule has 1 fully saturated rings. The zero-order valence-electron chi connectivity index (χ0n) is 10.6. The lowest BCUT2D eigenvalue weighted by Crippen LogP contribution is -1.94. The predicted molar refractivity (Wildman–Crippen MR) is 81.7 cm³/mol. The van der Waals surface area contributed by atoms with Gasteiger partial charge < -0.3 is 0 Å². The second-order valence-corrected chi connectivity index (χ2v) is 7.25. The third-order valence-corrected chi connectivity index (χ3v) is 6.01. The summed E-state index contributed by atoms with van der Waals surface area (Å²) in [5, 5.41) is 1.55. The molecule has 18 heavy (non-hydrogen) atoms. The van der Waals surface area contributed by atoms with Crippen LogP contribution in [0.15, 0.2) is 66.2 Å². The fraction of sp³-hybridized carbons (Fsp3) is 0.176. The lowest BCUT2D eigenvalue weighted by molar-refractivity contribution is 1.25. The number of hydrogen-bond donors (Lipinski definition) is 0. The van der Waals surface area contributed by atoms with Gasteiger partial charge in [-0.3, -0.25) is 0 Å². The maximum absolute atomic E-state index is 2.34. The van der Waals surface area contributed by atoms with Gasteiger partial charge in [0.1, 0.15) is 0 Å². The molecule has 1 saturated heterocycles. The van der Waals surface area contributed by atoms with Crippen molar-refractivity contribution in [1.82, 2.24) is 0 Å². The zero-order chi connectivity index (χ0) is 12.4. The van der Waals surface area contributed by atoms with Crippen LogP contribution < -0.4 is 5.30 Å². The van der Waals surface area contributed by atoms with E-state index in [2.05, 4.69) is 73.7 Å². The minimum absolute atomic E-state index is 0.0871. The summed E-state index contributed by atoms with van der Waals surface area (Å²) < 4.78 is 0. The average molecular weight is 252 g/mol. The molecular formula is C17H17P. The van der Waals surface area contributed by atoms with Crippen molar-refractivity contribution >= 4 is 19.3 Å². The molecule has 1 heterocycles. The van der Waals surface area contributed by atoms with E-state index in [1.807, 2.05) is 0 Å². The minimum Gasteiger partial charge on any atom is -0.0667 e. The maximum Gasteiger partial charge on any atom is 0.00841 e. The van der Waals surface area contributed by atoms with Gasteiger partial charge in [-0.2, -0.15) is 0 Å². The molecule has 0 nitrogen and oxygen atoms in total. The molecule has 0 radical (unpaired) electrons. The zero-order valence-corrected chi connectivity index (χ0v) is 11.5. The Balaban J connectivity index is 1.73. The van der Waals surface area contributed by atoms with Crippen LogP contribution >= 0.6 is 7.92 Å². The quantitative estimate of drug-likeness (QED) is 0.715. The van der Waals surface area contributed by atoms with E-state index in [1.54, 1.807) is 5.30 Å². The van der Waals surface area contributed by atoms with E-state index in [9.17, 15) is 0 Å². The van der Waals surface area contributed by atoms with E-state index in [1.165, 1.54) is 17.3 Å². The molecule has 0 spiro atoms. The van der Waals surface area contributed by atoms with Gasteiger partial charge in [-0.1, -0.05) is 80.2 Å². The summed E-state index contributed by atoms with van der Waals surface area (Å²) in [6.45, 7) is 2.28. The first-order chi connectivity index (χ1) is 8.84. The Morgan fingerprint density at radius 2 is 1.61 bits per heavy atom. The van der Waals surface area contributed by atoms with E-state index in [-0.39, 0.29) is 7.92 Å². The highest BCUT2D eigenvalue weighted by atomic mass is 31.1. The molecule has 0 aliphatic carbocycles. The smallest absolute Gasteiger partial charge is 0.00841 e. The van der Waals surface area contributed by atoms with Crippen LogP contribution in [0.4, 0.5) is 0 Å². The van der Waals surface area contributed by atoms with Crippen LogP contribution in [0.2, 0.25) is 0 Å². The summed E-state index contributed by atoms with van der Waals surface area (Å²) >= 11 is 0. The van der Waals surface area contributed by atoms with Gasteiger partial charge in [0.25, 0.3) is 0 Å². The maximum atomic E-state index is 2.34. The molecular weight excluding hydrogens is 235 g/mol. The van der Waals surface area contributed by atoms with E-state index in [4.69, 9.17) is 0 Å². The van der Waals surface area contributed by atoms with Crippen LogP contribution in [0.3, 0.4) is 0 Å². The normalized spacial score (nSPS) is 22.8. The monoisotopic (exact) mass is 252 g/mol. The topological polar surface area (TPSA) is 0 Å². The third-order valence-electron chi connectivity index (χ3n) is 3.42. The van der Waals surface area contributed by atoms with Crippen LogP contribution in [0.25, 0.3) is 6.08 Å². The molecule has 1 heteroatoms. The largest absolute Gasteiger partial charge is 0.0667 e. The van der Waals surface area contributed by atoms with E-state index in [0.717, 1.165) is 5.66 Å². The number of benzene rings is 2. The highest BCUT2D eigenvalue weighted by molar-refractivity contribution is 7.74. The molecule has 1 aliphatic heterocycles. The molecule has 0 aromatic heterocycles. The standard InChI is InChI=1S/C17H17P/c1-14(12-15-8-4-2-5-9-15)17-13-18(17)16-10-6-3-7-11-16/h2-12,17H,13H2,1H3/b14-12+. The van der Waals surface area contributed by atoms with Gasteiger partial charge in [0.15, 0.2) is 0 Å². The van der Waals surface area contributed by atoms with Crippen LogP contribution in [0, 0.1) is 0 Å². The van der Waals surface area contributed by atoms with Crippen molar-refractivity contribution in [2.45, 2.75) is 12.6 Å². The average Bonchev–Trinajstić information content (AvgIpc) is 3.21. The summed E-state index contributed by atoms with van der Waals surface area (Å²) in [4.78, 5) is 0. The van der Waals surface area contributed by atoms with E-state index >= 15 is 0 Å². The summed E-state index contributed by atoms with van der Waals surface area (Å²) in [5.41, 5.74) is 3.67. The van der Waals surface area contributed by atoms with Crippen molar-refractivity contribution < 1.29 is 0 Å². The van der Waals surface area contributed by atoms with Gasteiger partial charge in [0, 0.05) is 5.66 Å². The van der Waals surface area contributed by atoms with Crippen LogP contribution in [0.1, 0.15) is 12.5 Å². The SMILES string of the molecule is C/C(=C\c1ccccc1)C1CP1c1ccccc1. The van der Waals surface area contributed by atoms with Crippen LogP contribution in [0.5, 0.6) is 0 Å². The van der Waals surface area contributed by atoms with Crippen molar-refractivity contribution in [2.24, 2.45) is 0 Å². The number of hydrogen-bond acceptors (Lipinski definition) is 0. The van der Waals surface area contributed by atoms with Gasteiger partial charge in [0.05, 0.1) is 0 Å². The lowest BCUT2D eigenvalue weighted by atomic mass is 10.1. The Morgan fingerprint density at radius 1 is 1.00 bits per heavy atom. The summed E-state index contributed by atoms with van der Waals surface area (Å²) in [7, 11) is 0.0871. The van der Waals surface area contributed by atoms with Crippen LogP contribution in [-0.2, 0) is 0 Å². The Labute approximate surface area is 110 Å². The van der Waals surface area contributed by atoms with Gasteiger partial charge in [-0.05, 0) is 24.0 Å². The molecule has 0 bridgehead atoms. The Morgan fingerprint density at radius 3 is 2.28 bits per heavy atom. The fourth-order valence-electron chi connectivity index (χ4n) is 2.34. The van der Waals surface area contributed by atoms with Crippen molar-refractivity contribution in [1.29, 1.82) is 0 Å². The first kappa shape index (κ1) is 11.7. The first-order valence-electron chi connectivity index (χ1n) is 6.39. The van der Waals surface area contributed by atoms with Gasteiger partial charge >= 0.3 is 0 Å². The fourth-order valence-corrected chi connectivity index (χ4v) is 4.85. The van der Waals surface area contributed by atoms with Crippen LogP contribution in [-0.4, -0.2) is 11.8 Å². The molecule has 0 amide bonds. The third kappa shape index (κ3) is 2.54. The predicted octanol–water partition coefficient (Wildman–Crippen LogP) is 4.28. The highest BCUT2D eigenvalue weighted by Crippen LogP contribution is 2.60. The molecule has 0 N–H and O–H groups in total. The molecule has 90 valence electrons. The number of rotatable bonds is 3. The second-order valence-electron chi connectivity index (χ2n) is 4.80. The Kier molecular flexibility index (Phi) is 3.30. The van der Waals surface area contributed by atoms with Gasteiger partial charge in [0.2, 0.25) is 0 Å². The minimum atomic E-state index is 0.0871. The second kappa shape index (κ2) is 5.08. The van der Waals surface area contributed by atoms with Crippen molar-refractivity contribution in [3.8, 4) is 0 Å². The summed E-state index contributed by atoms with van der Waals surface area (Å²) in [6, 6.07) is 21.6. The Bertz CT molecular complexity index is 542. The highest BCUT2D eigenvalue weighted by Gasteiger charge is 2.38. The van der Waals surface area contributed by atoms with Gasteiger partial charge in [-0.15, -0.1) is 0 Å². The Hall–Kier alpha value is -1.39. The molecule has 2 unspecified atom stereocenters. The molecule has 1 aliphatic rings. The molecule has 3 rings (SSSR count). The summed E-state index contributed by atoms with van der Waals surface area (Å²) in [5.74, 6) is 0. The molecule has 0 saturated carbocycles. The van der Waals surface area contributed by atoms with Crippen molar-refractivity contribution in [3.05, 3.63) is 71.8 Å².